The van der Waals surface area contributed by atoms with Crippen LogP contribution in [0.5, 0.6) is 0 Å². The minimum absolute atomic E-state index is 0.161. The van der Waals surface area contributed by atoms with Crippen LogP contribution in [0.25, 0.3) is 0 Å². The lowest BCUT2D eigenvalue weighted by Gasteiger charge is -2.09. The average Bonchev–Trinajstić information content (AvgIpc) is 2.47. The van der Waals surface area contributed by atoms with Crippen molar-refractivity contribution in [2.24, 2.45) is 5.92 Å². The third-order valence-corrected chi connectivity index (χ3v) is 3.59. The maximum absolute atomic E-state index is 11.2. The summed E-state index contributed by atoms with van der Waals surface area (Å²) in [5, 5.41) is 9.46. The van der Waals surface area contributed by atoms with E-state index in [1.807, 2.05) is 26.0 Å². The van der Waals surface area contributed by atoms with E-state index in [0.717, 1.165) is 18.4 Å². The highest BCUT2D eigenvalue weighted by atomic mass is 16.5. The first-order chi connectivity index (χ1) is 10.4. The molecule has 3 nitrogen and oxygen atoms in total. The van der Waals surface area contributed by atoms with Gasteiger partial charge in [-0.1, -0.05) is 48.9 Å². The molecular weight excluding hydrogens is 276 g/mol. The van der Waals surface area contributed by atoms with Crippen LogP contribution in [0.1, 0.15) is 31.9 Å². The number of carbonyl (C=O) groups excluding carboxylic acids is 1. The van der Waals surface area contributed by atoms with E-state index in [9.17, 15) is 9.90 Å². The highest BCUT2D eigenvalue weighted by molar-refractivity contribution is 5.82. The molecule has 0 aliphatic rings. The monoisotopic (exact) mass is 302 g/mol. The van der Waals surface area contributed by atoms with Crippen molar-refractivity contribution in [3.8, 4) is 0 Å². The quantitative estimate of drug-likeness (QED) is 0.476. The van der Waals surface area contributed by atoms with E-state index in [-0.39, 0.29) is 18.0 Å². The van der Waals surface area contributed by atoms with E-state index in [0.29, 0.717) is 0 Å². The summed E-state index contributed by atoms with van der Waals surface area (Å²) in [4.78, 5) is 11.2. The maximum Gasteiger partial charge on any atom is 0.330 e. The predicted molar refractivity (Wildman–Crippen MR) is 89.6 cm³/mol. The van der Waals surface area contributed by atoms with Crippen LogP contribution in [0.2, 0.25) is 0 Å². The number of allylic oxidation sites excluding steroid dienone is 2. The number of benzene rings is 1. The minimum atomic E-state index is -0.325. The van der Waals surface area contributed by atoms with E-state index in [1.165, 1.54) is 24.3 Å². The fourth-order valence-corrected chi connectivity index (χ4v) is 2.08. The molecule has 0 saturated heterocycles. The molecule has 120 valence electrons. The molecule has 0 spiro atoms. The number of methoxy groups -OCH3 is 1. The third-order valence-electron chi connectivity index (χ3n) is 3.59. The van der Waals surface area contributed by atoms with E-state index >= 15 is 0 Å². The first-order valence-corrected chi connectivity index (χ1v) is 7.60. The first kappa shape index (κ1) is 18.2. The number of hydrogen-bond donors (Lipinski definition) is 1. The number of aliphatic hydroxyl groups excluding tert-OH is 1. The number of ether oxygens (including phenoxy) is 1. The van der Waals surface area contributed by atoms with E-state index < -0.39 is 0 Å². The summed E-state index contributed by atoms with van der Waals surface area (Å²) in [6.07, 6.45) is 6.90. The van der Waals surface area contributed by atoms with E-state index in [1.54, 1.807) is 6.92 Å². The Morgan fingerprint density at radius 3 is 2.64 bits per heavy atom. The highest BCUT2D eigenvalue weighted by Crippen LogP contribution is 2.12. The van der Waals surface area contributed by atoms with Gasteiger partial charge < -0.3 is 9.84 Å². The summed E-state index contributed by atoms with van der Waals surface area (Å²) in [7, 11) is 1.38. The van der Waals surface area contributed by atoms with E-state index in [2.05, 4.69) is 29.0 Å². The Hall–Kier alpha value is -1.87. The molecule has 0 aromatic heterocycles. The standard InChI is InChI=1S/C19H26O3/c1-14(12-19(21)22-4)11-18-10-6-9-17(13-18)8-5-7-15(2)16(3)20/h5-7,9-10,12-13,15-16,20H,8,11H2,1-4H3/b7-5+,14-12-/t15-,16+/m1/s1. The molecule has 1 N–H and O–H groups in total. The summed E-state index contributed by atoms with van der Waals surface area (Å²) in [6, 6.07) is 8.31. The maximum atomic E-state index is 11.2. The molecule has 1 rings (SSSR count). The van der Waals surface area contributed by atoms with E-state index in [4.69, 9.17) is 0 Å². The summed E-state index contributed by atoms with van der Waals surface area (Å²) in [6.45, 7) is 5.72. The lowest BCUT2D eigenvalue weighted by molar-refractivity contribution is -0.134. The molecule has 22 heavy (non-hydrogen) atoms. The molecule has 1 aromatic carbocycles. The van der Waals surface area contributed by atoms with Gasteiger partial charge in [0.15, 0.2) is 0 Å². The molecule has 0 bridgehead atoms. The summed E-state index contributed by atoms with van der Waals surface area (Å²) in [5.41, 5.74) is 3.37. The molecule has 0 saturated carbocycles. The Balaban J connectivity index is 2.66. The topological polar surface area (TPSA) is 46.5 Å². The second-order valence-corrected chi connectivity index (χ2v) is 5.74. The fourth-order valence-electron chi connectivity index (χ4n) is 2.08. The molecule has 3 heteroatoms. The van der Waals surface area contributed by atoms with Gasteiger partial charge in [0.1, 0.15) is 0 Å². The summed E-state index contributed by atoms with van der Waals surface area (Å²) >= 11 is 0. The van der Waals surface area contributed by atoms with Crippen molar-refractivity contribution in [3.63, 3.8) is 0 Å². The van der Waals surface area contributed by atoms with Crippen molar-refractivity contribution in [1.29, 1.82) is 0 Å². The average molecular weight is 302 g/mol. The predicted octanol–water partition coefficient (Wildman–Crippen LogP) is 3.46. The largest absolute Gasteiger partial charge is 0.466 e. The number of hydrogen-bond acceptors (Lipinski definition) is 3. The van der Waals surface area contributed by atoms with Crippen LogP contribution < -0.4 is 0 Å². The van der Waals surface area contributed by atoms with Crippen molar-refractivity contribution in [3.05, 3.63) is 59.2 Å². The highest BCUT2D eigenvalue weighted by Gasteiger charge is 2.03. The molecule has 0 radical (unpaired) electrons. The minimum Gasteiger partial charge on any atom is -0.466 e. The lowest BCUT2D eigenvalue weighted by Crippen LogP contribution is -2.09. The van der Waals surface area contributed by atoms with Crippen LogP contribution in [0.15, 0.2) is 48.1 Å². The van der Waals surface area contributed by atoms with Gasteiger partial charge in [0.2, 0.25) is 0 Å². The molecule has 0 unspecified atom stereocenters. The molecule has 2 atom stereocenters. The van der Waals surface area contributed by atoms with Crippen LogP contribution in [-0.4, -0.2) is 24.3 Å². The summed E-state index contributed by atoms with van der Waals surface area (Å²) in [5.74, 6) is -0.155. The zero-order valence-electron chi connectivity index (χ0n) is 13.9. The van der Waals surface area contributed by atoms with Crippen LogP contribution in [0, 0.1) is 5.92 Å². The molecule has 0 amide bonds. The fraction of sp³-hybridized carbons (Fsp3) is 0.421. The summed E-state index contributed by atoms with van der Waals surface area (Å²) < 4.78 is 4.63. The lowest BCUT2D eigenvalue weighted by atomic mass is 10.0. The Labute approximate surface area is 133 Å². The van der Waals surface area contributed by atoms with Crippen molar-refractivity contribution in [1.82, 2.24) is 0 Å². The van der Waals surface area contributed by atoms with Gasteiger partial charge >= 0.3 is 5.97 Å². The van der Waals surface area contributed by atoms with Crippen molar-refractivity contribution >= 4 is 5.97 Å². The normalized spacial score (nSPS) is 14.9. The Bertz CT molecular complexity index is 541. The zero-order valence-corrected chi connectivity index (χ0v) is 13.9. The van der Waals surface area contributed by atoms with Crippen LogP contribution in [0.3, 0.4) is 0 Å². The molecule has 1 aromatic rings. The second kappa shape index (κ2) is 9.21. The number of esters is 1. The van der Waals surface area contributed by atoms with Crippen molar-refractivity contribution < 1.29 is 14.6 Å². The number of aliphatic hydroxyl groups is 1. The Kier molecular flexibility index (Phi) is 7.61. The Morgan fingerprint density at radius 1 is 1.32 bits per heavy atom. The number of rotatable bonds is 7. The molecule has 0 aliphatic heterocycles. The molecular formula is C19H26O3. The van der Waals surface area contributed by atoms with Gasteiger partial charge in [-0.15, -0.1) is 0 Å². The SMILES string of the molecule is COC(=O)/C=C(/C)Cc1cccc(C/C=C/[C@@H](C)[C@H](C)O)c1. The molecule has 0 aliphatic carbocycles. The van der Waals surface area contributed by atoms with Crippen molar-refractivity contribution in [2.75, 3.05) is 7.11 Å². The van der Waals surface area contributed by atoms with Gasteiger partial charge in [-0.25, -0.2) is 4.79 Å². The smallest absolute Gasteiger partial charge is 0.330 e. The van der Waals surface area contributed by atoms with Gasteiger partial charge in [-0.05, 0) is 43.7 Å². The van der Waals surface area contributed by atoms with Crippen LogP contribution in [0.4, 0.5) is 0 Å². The third kappa shape index (κ3) is 6.72. The molecule has 0 fully saturated rings. The van der Waals surface area contributed by atoms with Gasteiger partial charge in [0, 0.05) is 6.08 Å². The second-order valence-electron chi connectivity index (χ2n) is 5.74. The van der Waals surface area contributed by atoms with Gasteiger partial charge in [-0.3, -0.25) is 0 Å². The Morgan fingerprint density at radius 2 is 2.00 bits per heavy atom. The van der Waals surface area contributed by atoms with Gasteiger partial charge in [0.25, 0.3) is 0 Å². The van der Waals surface area contributed by atoms with Crippen molar-refractivity contribution in [2.45, 2.75) is 39.7 Å². The van der Waals surface area contributed by atoms with Crippen LogP contribution >= 0.6 is 0 Å². The zero-order chi connectivity index (χ0) is 16.5. The van der Waals surface area contributed by atoms with Gasteiger partial charge in [-0.2, -0.15) is 0 Å². The first-order valence-electron chi connectivity index (χ1n) is 7.60. The van der Waals surface area contributed by atoms with Gasteiger partial charge in [0.05, 0.1) is 13.2 Å². The molecule has 0 heterocycles. The number of carbonyl (C=O) groups is 1. The van der Waals surface area contributed by atoms with Crippen LogP contribution in [-0.2, 0) is 22.4 Å².